The van der Waals surface area contributed by atoms with Crippen LogP contribution in [0.15, 0.2) is 60.7 Å². The van der Waals surface area contributed by atoms with E-state index in [1.165, 1.54) is 4.90 Å². The molecule has 0 bridgehead atoms. The minimum Gasteiger partial charge on any atom is -0.380 e. The number of aliphatic hydroxyl groups excluding tert-OH is 2. The minimum atomic E-state index is -1.85. The Labute approximate surface area is 184 Å². The first-order chi connectivity index (χ1) is 14.8. The zero-order valence-corrected chi connectivity index (χ0v) is 18.4. The first-order valence-corrected chi connectivity index (χ1v) is 10.5. The summed E-state index contributed by atoms with van der Waals surface area (Å²) in [4.78, 5) is 28.3. The second-order valence-corrected chi connectivity index (χ2v) is 7.74. The van der Waals surface area contributed by atoms with Gasteiger partial charge in [-0.05, 0) is 41.7 Å². The second kappa shape index (κ2) is 11.5. The third kappa shape index (κ3) is 6.54. The number of allylic oxidation sites excluding steroid dienone is 2. The highest BCUT2D eigenvalue weighted by atomic mass is 16.3. The number of benzene rings is 1. The van der Waals surface area contributed by atoms with Gasteiger partial charge in [0.05, 0.1) is 0 Å². The second-order valence-electron chi connectivity index (χ2n) is 7.74. The van der Waals surface area contributed by atoms with E-state index in [4.69, 9.17) is 0 Å². The predicted octanol–water partition coefficient (Wildman–Crippen LogP) is 1.77. The summed E-state index contributed by atoms with van der Waals surface area (Å²) >= 11 is 0. The van der Waals surface area contributed by atoms with Crippen molar-refractivity contribution in [1.82, 2.24) is 10.2 Å². The van der Waals surface area contributed by atoms with Gasteiger partial charge in [-0.25, -0.2) is 0 Å². The largest absolute Gasteiger partial charge is 0.380 e. The van der Waals surface area contributed by atoms with Crippen LogP contribution in [0.5, 0.6) is 0 Å². The molecule has 0 spiro atoms. The maximum absolute atomic E-state index is 12.5. The van der Waals surface area contributed by atoms with Crippen LogP contribution in [0.2, 0.25) is 0 Å². The van der Waals surface area contributed by atoms with Gasteiger partial charge in [-0.2, -0.15) is 0 Å². The van der Waals surface area contributed by atoms with Gasteiger partial charge in [0, 0.05) is 38.9 Å². The molecule has 7 heteroatoms. The Morgan fingerprint density at radius 1 is 1.26 bits per heavy atom. The lowest BCUT2D eigenvalue weighted by Gasteiger charge is -2.32. The topological polar surface area (TPSA) is 93.1 Å². The van der Waals surface area contributed by atoms with Crippen molar-refractivity contribution in [2.45, 2.75) is 38.5 Å². The molecule has 1 aliphatic heterocycles. The molecule has 2 atom stereocenters. The normalized spacial score (nSPS) is 17.2. The van der Waals surface area contributed by atoms with Crippen molar-refractivity contribution in [3.63, 3.8) is 0 Å². The van der Waals surface area contributed by atoms with Gasteiger partial charge in [-0.15, -0.1) is 0 Å². The van der Waals surface area contributed by atoms with Gasteiger partial charge in [0.2, 0.25) is 0 Å². The molecule has 3 N–H and O–H groups in total. The van der Waals surface area contributed by atoms with Gasteiger partial charge in [-0.1, -0.05) is 44.4 Å². The SMILES string of the molecule is C=C/C=C1/CCN(C(=O)C(O)C(O)C(=O)NCc2ccc(N(C)CCC)cc2)CC1=C. The zero-order chi connectivity index (χ0) is 23.0. The highest BCUT2D eigenvalue weighted by molar-refractivity contribution is 5.91. The molecule has 31 heavy (non-hydrogen) atoms. The molecule has 1 fully saturated rings. The van der Waals surface area contributed by atoms with Crippen molar-refractivity contribution in [3.05, 3.63) is 66.3 Å². The van der Waals surface area contributed by atoms with E-state index < -0.39 is 24.0 Å². The number of rotatable bonds is 9. The molecule has 1 saturated heterocycles. The summed E-state index contributed by atoms with van der Waals surface area (Å²) in [6.45, 7) is 11.5. The zero-order valence-electron chi connectivity index (χ0n) is 18.4. The number of nitrogens with zero attached hydrogens (tertiary/aromatic N) is 2. The third-order valence-electron chi connectivity index (χ3n) is 5.34. The number of amides is 2. The Balaban J connectivity index is 1.88. The number of anilines is 1. The molecule has 7 nitrogen and oxygen atoms in total. The van der Waals surface area contributed by atoms with E-state index in [0.29, 0.717) is 13.0 Å². The molecule has 0 radical (unpaired) electrons. The molecular formula is C24H33N3O4. The molecule has 1 aliphatic rings. The Morgan fingerprint density at radius 3 is 2.52 bits per heavy atom. The number of likely N-dealkylation sites (tertiary alicyclic amines) is 1. The lowest BCUT2D eigenvalue weighted by atomic mass is 9.98. The monoisotopic (exact) mass is 427 g/mol. The van der Waals surface area contributed by atoms with Crippen molar-refractivity contribution >= 4 is 17.5 Å². The van der Waals surface area contributed by atoms with E-state index in [9.17, 15) is 19.8 Å². The summed E-state index contributed by atoms with van der Waals surface area (Å²) in [5, 5.41) is 23.0. The summed E-state index contributed by atoms with van der Waals surface area (Å²) in [7, 11) is 2.02. The van der Waals surface area contributed by atoms with Crippen LogP contribution >= 0.6 is 0 Å². The van der Waals surface area contributed by atoms with E-state index in [1.54, 1.807) is 6.08 Å². The predicted molar refractivity (Wildman–Crippen MR) is 122 cm³/mol. The van der Waals surface area contributed by atoms with Crippen molar-refractivity contribution in [3.8, 4) is 0 Å². The van der Waals surface area contributed by atoms with Crippen molar-refractivity contribution in [2.75, 3.05) is 31.6 Å². The number of hydrogen-bond donors (Lipinski definition) is 3. The van der Waals surface area contributed by atoms with Crippen molar-refractivity contribution in [2.24, 2.45) is 0 Å². The quantitative estimate of drug-likeness (QED) is 0.559. The Hall–Kier alpha value is -2.90. The molecule has 1 aromatic rings. The van der Waals surface area contributed by atoms with Gasteiger partial charge >= 0.3 is 0 Å². The summed E-state index contributed by atoms with van der Waals surface area (Å²) < 4.78 is 0. The van der Waals surface area contributed by atoms with Crippen LogP contribution < -0.4 is 10.2 Å². The first-order valence-electron chi connectivity index (χ1n) is 10.5. The number of nitrogens with one attached hydrogen (secondary N) is 1. The summed E-state index contributed by atoms with van der Waals surface area (Å²) in [6.07, 6.45) is 1.46. The number of carbonyl (C=O) groups is 2. The molecule has 1 aromatic carbocycles. The fraction of sp³-hybridized carbons (Fsp3) is 0.417. The van der Waals surface area contributed by atoms with Crippen LogP contribution in [-0.2, 0) is 16.1 Å². The van der Waals surface area contributed by atoms with Gasteiger partial charge in [0.15, 0.2) is 12.2 Å². The smallest absolute Gasteiger partial charge is 0.255 e. The fourth-order valence-corrected chi connectivity index (χ4v) is 3.47. The number of carbonyl (C=O) groups excluding carboxylic acids is 2. The maximum Gasteiger partial charge on any atom is 0.255 e. The highest BCUT2D eigenvalue weighted by Crippen LogP contribution is 2.21. The molecule has 168 valence electrons. The lowest BCUT2D eigenvalue weighted by Crippen LogP contribution is -2.52. The number of hydrogen-bond acceptors (Lipinski definition) is 5. The highest BCUT2D eigenvalue weighted by Gasteiger charge is 2.34. The lowest BCUT2D eigenvalue weighted by molar-refractivity contribution is -0.153. The van der Waals surface area contributed by atoms with E-state index in [1.807, 2.05) is 37.4 Å². The van der Waals surface area contributed by atoms with Crippen LogP contribution in [0, 0.1) is 0 Å². The van der Waals surface area contributed by atoms with Gasteiger partial charge in [0.25, 0.3) is 11.8 Å². The Morgan fingerprint density at radius 2 is 1.94 bits per heavy atom. The van der Waals surface area contributed by atoms with Gasteiger partial charge in [0.1, 0.15) is 0 Å². The summed E-state index contributed by atoms with van der Waals surface area (Å²) in [5.74, 6) is -1.49. The third-order valence-corrected chi connectivity index (χ3v) is 5.34. The molecule has 1 heterocycles. The van der Waals surface area contributed by atoms with Crippen LogP contribution in [0.25, 0.3) is 0 Å². The molecule has 0 aliphatic carbocycles. The molecule has 2 rings (SSSR count). The van der Waals surface area contributed by atoms with E-state index >= 15 is 0 Å². The number of aliphatic hydroxyl groups is 2. The van der Waals surface area contributed by atoms with Crippen LogP contribution in [-0.4, -0.2) is 65.8 Å². The summed E-state index contributed by atoms with van der Waals surface area (Å²) in [5.41, 5.74) is 3.67. The molecule has 2 unspecified atom stereocenters. The van der Waals surface area contributed by atoms with Crippen LogP contribution in [0.3, 0.4) is 0 Å². The standard InChI is InChI=1S/C24H33N3O4/c1-5-7-19-12-14-27(16-17(19)3)24(31)22(29)21(28)23(30)25-15-18-8-10-20(11-9-18)26(4)13-6-2/h5,7-11,21-22,28-29H,1,3,6,12-16H2,2,4H3,(H,25,30)/b19-7-. The first kappa shape index (κ1) is 24.4. The van der Waals surface area contributed by atoms with Gasteiger partial charge in [-0.3, -0.25) is 9.59 Å². The van der Waals surface area contributed by atoms with Crippen molar-refractivity contribution < 1.29 is 19.8 Å². The van der Waals surface area contributed by atoms with Gasteiger partial charge < -0.3 is 25.3 Å². The fourth-order valence-electron chi connectivity index (χ4n) is 3.47. The average Bonchev–Trinajstić information content (AvgIpc) is 2.77. The number of piperidine rings is 1. The van der Waals surface area contributed by atoms with E-state index in [2.05, 4.69) is 30.3 Å². The van der Waals surface area contributed by atoms with Crippen molar-refractivity contribution in [1.29, 1.82) is 0 Å². The summed E-state index contributed by atoms with van der Waals surface area (Å²) in [6, 6.07) is 7.71. The minimum absolute atomic E-state index is 0.185. The maximum atomic E-state index is 12.5. The van der Waals surface area contributed by atoms with Crippen LogP contribution in [0.4, 0.5) is 5.69 Å². The van der Waals surface area contributed by atoms with E-state index in [-0.39, 0.29) is 13.1 Å². The Bertz CT molecular complexity index is 832. The molecule has 2 amide bonds. The average molecular weight is 428 g/mol. The Kier molecular flexibility index (Phi) is 9.03. The molecule has 0 saturated carbocycles. The molecule has 0 aromatic heterocycles. The molecular weight excluding hydrogens is 394 g/mol. The van der Waals surface area contributed by atoms with E-state index in [0.717, 1.165) is 35.4 Å². The van der Waals surface area contributed by atoms with Crippen LogP contribution in [0.1, 0.15) is 25.3 Å².